The Kier molecular flexibility index (Phi) is 3.96. The van der Waals surface area contributed by atoms with E-state index in [4.69, 9.17) is 9.47 Å². The van der Waals surface area contributed by atoms with E-state index in [1.165, 1.54) is 25.6 Å². The van der Waals surface area contributed by atoms with Gasteiger partial charge in [-0.3, -0.25) is 5.10 Å². The summed E-state index contributed by atoms with van der Waals surface area (Å²) in [5, 5.41) is 9.57. The lowest BCUT2D eigenvalue weighted by atomic mass is 10.2. The van der Waals surface area contributed by atoms with Crippen LogP contribution in [0.4, 0.5) is 10.2 Å². The van der Waals surface area contributed by atoms with Gasteiger partial charge in [0, 0.05) is 12.6 Å². The number of rotatable bonds is 5. The zero-order chi connectivity index (χ0) is 14.7. The van der Waals surface area contributed by atoms with E-state index in [-0.39, 0.29) is 18.0 Å². The van der Waals surface area contributed by atoms with Crippen molar-refractivity contribution in [2.24, 2.45) is 0 Å². The number of hydrogen-bond acceptors (Lipinski definition) is 6. The summed E-state index contributed by atoms with van der Waals surface area (Å²) in [7, 11) is 1.49. The number of anilines is 1. The number of nitrogens with zero attached hydrogens (tertiary/aromatic N) is 3. The van der Waals surface area contributed by atoms with Gasteiger partial charge >= 0.3 is 0 Å². The number of halogens is 1. The zero-order valence-electron chi connectivity index (χ0n) is 11.5. The van der Waals surface area contributed by atoms with Crippen molar-refractivity contribution < 1.29 is 13.9 Å². The van der Waals surface area contributed by atoms with Gasteiger partial charge in [0.15, 0.2) is 17.5 Å². The first-order valence-electron chi connectivity index (χ1n) is 6.71. The Labute approximate surface area is 120 Å². The molecule has 0 amide bonds. The Bertz CT molecular complexity index is 592. The summed E-state index contributed by atoms with van der Waals surface area (Å²) in [5.41, 5.74) is 0. The summed E-state index contributed by atoms with van der Waals surface area (Å²) in [5.74, 6) is 0.843. The summed E-state index contributed by atoms with van der Waals surface area (Å²) in [6.45, 7) is 0.474. The summed E-state index contributed by atoms with van der Waals surface area (Å²) in [6, 6.07) is 2.80. The number of methoxy groups -OCH3 is 1. The second kappa shape index (κ2) is 6.04. The fraction of sp³-hybridized carbons (Fsp3) is 0.462. The third-order valence-corrected chi connectivity index (χ3v) is 3.37. The molecule has 1 aliphatic heterocycles. The minimum Gasteiger partial charge on any atom is -0.481 e. The normalized spacial score (nSPS) is 21.4. The van der Waals surface area contributed by atoms with Crippen LogP contribution in [0.2, 0.25) is 0 Å². The molecule has 2 aromatic rings. The molecule has 2 N–H and O–H groups in total. The number of ether oxygens (including phenoxy) is 2. The number of H-pyrrole nitrogens is 1. The van der Waals surface area contributed by atoms with E-state index < -0.39 is 5.82 Å². The molecule has 0 saturated carbocycles. The van der Waals surface area contributed by atoms with Gasteiger partial charge < -0.3 is 14.8 Å². The predicted octanol–water partition coefficient (Wildman–Crippen LogP) is 1.68. The van der Waals surface area contributed by atoms with E-state index in [2.05, 4.69) is 25.5 Å². The Morgan fingerprint density at radius 1 is 1.48 bits per heavy atom. The summed E-state index contributed by atoms with van der Waals surface area (Å²) >= 11 is 0. The van der Waals surface area contributed by atoms with Gasteiger partial charge in [0.25, 0.3) is 0 Å². The van der Waals surface area contributed by atoms with Crippen LogP contribution in [0.1, 0.15) is 24.8 Å². The summed E-state index contributed by atoms with van der Waals surface area (Å²) in [6.07, 6.45) is 3.08. The van der Waals surface area contributed by atoms with Gasteiger partial charge in [-0.25, -0.2) is 9.37 Å². The lowest BCUT2D eigenvalue weighted by molar-refractivity contribution is 0.0471. The Morgan fingerprint density at radius 3 is 3.14 bits per heavy atom. The van der Waals surface area contributed by atoms with Crippen LogP contribution in [0, 0.1) is 5.82 Å². The molecule has 0 aliphatic carbocycles. The van der Waals surface area contributed by atoms with Crippen molar-refractivity contribution in [3.05, 3.63) is 30.1 Å². The highest BCUT2D eigenvalue weighted by Gasteiger charge is 2.28. The van der Waals surface area contributed by atoms with Gasteiger partial charge in [0.05, 0.1) is 13.2 Å². The highest BCUT2D eigenvalue weighted by molar-refractivity contribution is 5.39. The highest BCUT2D eigenvalue weighted by atomic mass is 19.1. The van der Waals surface area contributed by atoms with Crippen LogP contribution in [0.25, 0.3) is 0 Å². The van der Waals surface area contributed by atoms with Crippen LogP contribution in [-0.2, 0) is 4.74 Å². The quantitative estimate of drug-likeness (QED) is 0.872. The fourth-order valence-electron chi connectivity index (χ4n) is 2.30. The monoisotopic (exact) mass is 293 g/mol. The second-order valence-corrected chi connectivity index (χ2v) is 4.76. The Morgan fingerprint density at radius 2 is 2.38 bits per heavy atom. The minimum atomic E-state index is -0.416. The summed E-state index contributed by atoms with van der Waals surface area (Å²) in [4.78, 5) is 8.12. The Hall–Kier alpha value is -2.22. The maximum atomic E-state index is 13.6. The molecule has 1 aliphatic rings. The zero-order valence-corrected chi connectivity index (χ0v) is 11.5. The molecular formula is C13H16FN5O2. The molecule has 21 heavy (non-hydrogen) atoms. The first kappa shape index (κ1) is 13.7. The number of aromatic nitrogens is 4. The van der Waals surface area contributed by atoms with Crippen LogP contribution in [-0.4, -0.2) is 39.9 Å². The van der Waals surface area contributed by atoms with Gasteiger partial charge in [-0.1, -0.05) is 0 Å². The molecule has 2 aromatic heterocycles. The smallest absolute Gasteiger partial charge is 0.215 e. The van der Waals surface area contributed by atoms with Crippen molar-refractivity contribution in [3.8, 4) is 5.88 Å². The van der Waals surface area contributed by atoms with E-state index in [1.54, 1.807) is 0 Å². The molecular weight excluding hydrogens is 277 g/mol. The van der Waals surface area contributed by atoms with Crippen LogP contribution >= 0.6 is 0 Å². The number of aromatic amines is 1. The number of hydrogen-bond donors (Lipinski definition) is 2. The third-order valence-electron chi connectivity index (χ3n) is 3.37. The molecule has 3 rings (SSSR count). The molecule has 1 saturated heterocycles. The van der Waals surface area contributed by atoms with Gasteiger partial charge in [-0.05, 0) is 18.9 Å². The SMILES string of the molecule is COc1ccc(F)c(NC[C@H]2CC[C@@H](c3ncn[nH]3)O2)n1. The maximum absolute atomic E-state index is 13.6. The fourth-order valence-corrected chi connectivity index (χ4v) is 2.30. The van der Waals surface area contributed by atoms with Crippen molar-refractivity contribution in [2.75, 3.05) is 19.0 Å². The average Bonchev–Trinajstić information content (AvgIpc) is 3.17. The van der Waals surface area contributed by atoms with Crippen LogP contribution < -0.4 is 10.1 Å². The van der Waals surface area contributed by atoms with Crippen LogP contribution in [0.5, 0.6) is 5.88 Å². The van der Waals surface area contributed by atoms with E-state index >= 15 is 0 Å². The maximum Gasteiger partial charge on any atom is 0.215 e. The van der Waals surface area contributed by atoms with E-state index in [0.717, 1.165) is 18.7 Å². The van der Waals surface area contributed by atoms with Crippen LogP contribution in [0.3, 0.4) is 0 Å². The third kappa shape index (κ3) is 3.10. The Balaban J connectivity index is 1.56. The van der Waals surface area contributed by atoms with Crippen molar-refractivity contribution >= 4 is 5.82 Å². The lowest BCUT2D eigenvalue weighted by Crippen LogP contribution is -2.20. The second-order valence-electron chi connectivity index (χ2n) is 4.76. The van der Waals surface area contributed by atoms with E-state index in [0.29, 0.717) is 12.4 Å². The molecule has 3 heterocycles. The van der Waals surface area contributed by atoms with Gasteiger partial charge in [0.2, 0.25) is 5.88 Å². The number of pyridine rings is 1. The van der Waals surface area contributed by atoms with E-state index in [1.807, 2.05) is 0 Å². The standard InChI is InChI=1S/C13H16FN5O2/c1-20-11-5-3-9(14)12(18-11)15-6-8-2-4-10(21-8)13-16-7-17-19-13/h3,5,7-8,10H,2,4,6H2,1H3,(H,15,18)(H,16,17,19)/t8-,10+/m1/s1. The van der Waals surface area contributed by atoms with Crippen LogP contribution in [0.15, 0.2) is 18.5 Å². The van der Waals surface area contributed by atoms with Gasteiger partial charge in [-0.15, -0.1) is 0 Å². The van der Waals surface area contributed by atoms with Gasteiger partial charge in [-0.2, -0.15) is 10.1 Å². The molecule has 7 nitrogen and oxygen atoms in total. The van der Waals surface area contributed by atoms with Crippen molar-refractivity contribution in [2.45, 2.75) is 25.0 Å². The molecule has 0 spiro atoms. The first-order chi connectivity index (χ1) is 10.3. The average molecular weight is 293 g/mol. The predicted molar refractivity (Wildman–Crippen MR) is 72.5 cm³/mol. The molecule has 0 unspecified atom stereocenters. The van der Waals surface area contributed by atoms with Crippen molar-refractivity contribution in [1.82, 2.24) is 20.2 Å². The molecule has 1 fully saturated rings. The number of nitrogens with one attached hydrogen (secondary N) is 2. The molecule has 2 atom stereocenters. The van der Waals surface area contributed by atoms with Crippen molar-refractivity contribution in [3.63, 3.8) is 0 Å². The minimum absolute atomic E-state index is 0.0208. The topological polar surface area (TPSA) is 85.0 Å². The highest BCUT2D eigenvalue weighted by Crippen LogP contribution is 2.30. The largest absolute Gasteiger partial charge is 0.481 e. The molecule has 8 heteroatoms. The first-order valence-corrected chi connectivity index (χ1v) is 6.71. The molecule has 0 bridgehead atoms. The molecule has 0 radical (unpaired) electrons. The van der Waals surface area contributed by atoms with Crippen molar-refractivity contribution in [1.29, 1.82) is 0 Å². The van der Waals surface area contributed by atoms with Gasteiger partial charge in [0.1, 0.15) is 12.4 Å². The molecule has 112 valence electrons. The molecule has 0 aromatic carbocycles. The lowest BCUT2D eigenvalue weighted by Gasteiger charge is -2.14. The van der Waals surface area contributed by atoms with E-state index in [9.17, 15) is 4.39 Å². The summed E-state index contributed by atoms with van der Waals surface area (Å²) < 4.78 is 24.5.